The third kappa shape index (κ3) is 5.17. The first-order valence-corrected chi connectivity index (χ1v) is 6.87. The summed E-state index contributed by atoms with van der Waals surface area (Å²) in [7, 11) is 0. The topological polar surface area (TPSA) is 64.4 Å². The third-order valence-corrected chi connectivity index (χ3v) is 2.95. The van der Waals surface area contributed by atoms with Crippen LogP contribution in [-0.4, -0.2) is 25.2 Å². The van der Waals surface area contributed by atoms with Crippen molar-refractivity contribution in [3.05, 3.63) is 29.1 Å². The van der Waals surface area contributed by atoms with Gasteiger partial charge in [0.1, 0.15) is 5.82 Å². The number of benzene rings is 1. The largest absolute Gasteiger partial charge is 0.398 e. The number of halogens is 1. The van der Waals surface area contributed by atoms with Crippen LogP contribution in [-0.2, 0) is 4.74 Å². The van der Waals surface area contributed by atoms with Crippen molar-refractivity contribution in [2.75, 3.05) is 18.9 Å². The molecule has 0 bridgehead atoms. The minimum Gasteiger partial charge on any atom is -0.398 e. The van der Waals surface area contributed by atoms with E-state index in [2.05, 4.69) is 5.32 Å². The average molecular weight is 282 g/mol. The van der Waals surface area contributed by atoms with E-state index in [9.17, 15) is 9.18 Å². The zero-order chi connectivity index (χ0) is 15.1. The van der Waals surface area contributed by atoms with Crippen LogP contribution < -0.4 is 11.1 Å². The summed E-state index contributed by atoms with van der Waals surface area (Å²) >= 11 is 0. The first kappa shape index (κ1) is 16.4. The standard InChI is InChI=1S/C15H23FN2O2/c1-10(2)20-7-5-4-6-18-15(19)12-8-13(16)11(3)14(17)9-12/h8-10H,4-7,17H2,1-3H3,(H,18,19). The van der Waals surface area contributed by atoms with Gasteiger partial charge in [-0.1, -0.05) is 0 Å². The van der Waals surface area contributed by atoms with E-state index in [1.165, 1.54) is 12.1 Å². The second-order valence-electron chi connectivity index (χ2n) is 5.05. The van der Waals surface area contributed by atoms with Crippen molar-refractivity contribution in [2.45, 2.75) is 39.7 Å². The molecule has 0 saturated carbocycles. The lowest BCUT2D eigenvalue weighted by atomic mass is 10.1. The minimum atomic E-state index is -0.458. The fraction of sp³-hybridized carbons (Fsp3) is 0.533. The third-order valence-electron chi connectivity index (χ3n) is 2.95. The number of carbonyl (C=O) groups excluding carboxylic acids is 1. The van der Waals surface area contributed by atoms with Crippen LogP contribution in [0.15, 0.2) is 12.1 Å². The molecule has 3 N–H and O–H groups in total. The number of carbonyl (C=O) groups is 1. The van der Waals surface area contributed by atoms with Crippen molar-refractivity contribution in [3.8, 4) is 0 Å². The molecule has 0 atom stereocenters. The number of amides is 1. The summed E-state index contributed by atoms with van der Waals surface area (Å²) in [6, 6.07) is 2.71. The number of hydrogen-bond donors (Lipinski definition) is 2. The first-order chi connectivity index (χ1) is 9.41. The fourth-order valence-corrected chi connectivity index (χ4v) is 1.68. The SMILES string of the molecule is Cc1c(N)cc(C(=O)NCCCCOC(C)C)cc1F. The average Bonchev–Trinajstić information content (AvgIpc) is 2.38. The molecule has 0 aliphatic heterocycles. The van der Waals surface area contributed by atoms with Crippen LogP contribution in [0.25, 0.3) is 0 Å². The number of hydrogen-bond acceptors (Lipinski definition) is 3. The molecule has 0 radical (unpaired) electrons. The van der Waals surface area contributed by atoms with Crippen LogP contribution in [0.1, 0.15) is 42.6 Å². The second-order valence-corrected chi connectivity index (χ2v) is 5.05. The maximum Gasteiger partial charge on any atom is 0.251 e. The molecule has 1 rings (SSSR count). The number of unbranched alkanes of at least 4 members (excludes halogenated alkanes) is 1. The molecule has 1 amide bonds. The summed E-state index contributed by atoms with van der Waals surface area (Å²) in [6.45, 7) is 6.77. The highest BCUT2D eigenvalue weighted by Crippen LogP contribution is 2.17. The number of anilines is 1. The highest BCUT2D eigenvalue weighted by atomic mass is 19.1. The summed E-state index contributed by atoms with van der Waals surface area (Å²) < 4.78 is 18.9. The van der Waals surface area contributed by atoms with E-state index in [4.69, 9.17) is 10.5 Å². The zero-order valence-corrected chi connectivity index (χ0v) is 12.3. The van der Waals surface area contributed by atoms with Gasteiger partial charge in [0.25, 0.3) is 5.91 Å². The quantitative estimate of drug-likeness (QED) is 0.597. The molecule has 0 spiro atoms. The fourth-order valence-electron chi connectivity index (χ4n) is 1.68. The molecule has 0 unspecified atom stereocenters. The maximum absolute atomic E-state index is 13.5. The Morgan fingerprint density at radius 1 is 1.40 bits per heavy atom. The number of nitrogen functional groups attached to an aromatic ring is 1. The van der Waals surface area contributed by atoms with Crippen molar-refractivity contribution < 1.29 is 13.9 Å². The van der Waals surface area contributed by atoms with Crippen molar-refractivity contribution in [2.24, 2.45) is 0 Å². The molecule has 1 aromatic rings. The van der Waals surface area contributed by atoms with E-state index in [0.29, 0.717) is 24.4 Å². The molecule has 20 heavy (non-hydrogen) atoms. The molecule has 5 heteroatoms. The number of nitrogens with two attached hydrogens (primary N) is 1. The monoisotopic (exact) mass is 282 g/mol. The van der Waals surface area contributed by atoms with Crippen LogP contribution in [0, 0.1) is 12.7 Å². The normalized spacial score (nSPS) is 10.8. The van der Waals surface area contributed by atoms with Gasteiger partial charge in [0.15, 0.2) is 0 Å². The molecule has 0 saturated heterocycles. The summed E-state index contributed by atoms with van der Waals surface area (Å²) in [4.78, 5) is 11.8. The summed E-state index contributed by atoms with van der Waals surface area (Å²) in [5.74, 6) is -0.763. The van der Waals surface area contributed by atoms with Gasteiger partial charge in [-0.3, -0.25) is 4.79 Å². The van der Waals surface area contributed by atoms with Crippen molar-refractivity contribution in [3.63, 3.8) is 0 Å². The maximum atomic E-state index is 13.5. The molecule has 0 fully saturated rings. The molecular formula is C15H23FN2O2. The van der Waals surface area contributed by atoms with Gasteiger partial charge in [-0.15, -0.1) is 0 Å². The van der Waals surface area contributed by atoms with Crippen LogP contribution in [0.4, 0.5) is 10.1 Å². The lowest BCUT2D eigenvalue weighted by Crippen LogP contribution is -2.25. The van der Waals surface area contributed by atoms with E-state index < -0.39 is 5.82 Å². The van der Waals surface area contributed by atoms with Gasteiger partial charge in [-0.25, -0.2) is 4.39 Å². The molecule has 0 heterocycles. The van der Waals surface area contributed by atoms with E-state index >= 15 is 0 Å². The molecular weight excluding hydrogens is 259 g/mol. The molecule has 4 nitrogen and oxygen atoms in total. The van der Waals surface area contributed by atoms with Crippen molar-refractivity contribution in [1.29, 1.82) is 0 Å². The van der Waals surface area contributed by atoms with Crippen LogP contribution in [0.5, 0.6) is 0 Å². The predicted molar refractivity (Wildman–Crippen MR) is 78.2 cm³/mol. The Balaban J connectivity index is 2.36. The van der Waals surface area contributed by atoms with Crippen LogP contribution in [0.3, 0.4) is 0 Å². The first-order valence-electron chi connectivity index (χ1n) is 6.87. The number of rotatable bonds is 7. The van der Waals surface area contributed by atoms with Gasteiger partial charge in [-0.2, -0.15) is 0 Å². The van der Waals surface area contributed by atoms with Gasteiger partial charge in [-0.05, 0) is 45.7 Å². The van der Waals surface area contributed by atoms with Gasteiger partial charge in [0.05, 0.1) is 6.10 Å². The minimum absolute atomic E-state index is 0.225. The van der Waals surface area contributed by atoms with E-state index in [-0.39, 0.29) is 17.6 Å². The summed E-state index contributed by atoms with van der Waals surface area (Å²) in [5, 5.41) is 2.74. The Morgan fingerprint density at radius 2 is 2.10 bits per heavy atom. The van der Waals surface area contributed by atoms with Crippen molar-refractivity contribution in [1.82, 2.24) is 5.32 Å². The number of ether oxygens (including phenoxy) is 1. The molecule has 0 aliphatic carbocycles. The molecule has 1 aromatic carbocycles. The Hall–Kier alpha value is -1.62. The lowest BCUT2D eigenvalue weighted by molar-refractivity contribution is 0.0754. The number of nitrogens with one attached hydrogen (secondary N) is 1. The summed E-state index contributed by atoms with van der Waals surface area (Å²) in [6.07, 6.45) is 1.92. The Labute approximate surface area is 119 Å². The van der Waals surface area contributed by atoms with Crippen LogP contribution >= 0.6 is 0 Å². The predicted octanol–water partition coefficient (Wildman–Crippen LogP) is 2.65. The second kappa shape index (κ2) is 7.85. The van der Waals surface area contributed by atoms with E-state index in [0.717, 1.165) is 12.8 Å². The summed E-state index contributed by atoms with van der Waals surface area (Å²) in [5.41, 5.74) is 6.56. The highest BCUT2D eigenvalue weighted by molar-refractivity contribution is 5.95. The molecule has 0 aromatic heterocycles. The zero-order valence-electron chi connectivity index (χ0n) is 12.3. The van der Waals surface area contributed by atoms with Gasteiger partial charge in [0.2, 0.25) is 0 Å². The highest BCUT2D eigenvalue weighted by Gasteiger charge is 2.10. The van der Waals surface area contributed by atoms with Gasteiger partial charge < -0.3 is 15.8 Å². The molecule has 112 valence electrons. The Kier molecular flexibility index (Phi) is 6.45. The van der Waals surface area contributed by atoms with Crippen molar-refractivity contribution >= 4 is 11.6 Å². The van der Waals surface area contributed by atoms with E-state index in [1.807, 2.05) is 13.8 Å². The van der Waals surface area contributed by atoms with Gasteiger partial charge in [0, 0.05) is 30.0 Å². The lowest BCUT2D eigenvalue weighted by Gasteiger charge is -2.09. The van der Waals surface area contributed by atoms with Crippen LogP contribution in [0.2, 0.25) is 0 Å². The smallest absolute Gasteiger partial charge is 0.251 e. The Bertz CT molecular complexity index is 438. The van der Waals surface area contributed by atoms with Gasteiger partial charge >= 0.3 is 0 Å². The Morgan fingerprint density at radius 3 is 2.70 bits per heavy atom. The molecule has 0 aliphatic rings. The van der Waals surface area contributed by atoms with E-state index in [1.54, 1.807) is 6.92 Å².